The highest BCUT2D eigenvalue weighted by atomic mass is 15.2. The summed E-state index contributed by atoms with van der Waals surface area (Å²) in [6.07, 6.45) is 0.849. The summed E-state index contributed by atoms with van der Waals surface area (Å²) in [5.74, 6) is 0. The molecule has 2 heteroatoms. The molecule has 0 unspecified atom stereocenters. The molecule has 10 aromatic carbocycles. The Labute approximate surface area is 333 Å². The van der Waals surface area contributed by atoms with Crippen molar-refractivity contribution in [3.8, 4) is 22.3 Å². The second-order valence-corrected chi connectivity index (χ2v) is 15.0. The van der Waals surface area contributed by atoms with Crippen LogP contribution in [-0.4, -0.2) is 0 Å². The molecule has 1 aliphatic rings. The Morgan fingerprint density at radius 3 is 1.68 bits per heavy atom. The van der Waals surface area contributed by atoms with Gasteiger partial charge in [0.2, 0.25) is 0 Å². The lowest BCUT2D eigenvalue weighted by Gasteiger charge is -2.34. The lowest BCUT2D eigenvalue weighted by molar-refractivity contribution is 1.09. The minimum atomic E-state index is 0.849. The van der Waals surface area contributed by atoms with E-state index in [1.54, 1.807) is 0 Å². The third kappa shape index (κ3) is 5.82. The summed E-state index contributed by atoms with van der Waals surface area (Å²) >= 11 is 0. The Bertz CT molecular complexity index is 3100. The number of fused-ring (bicyclic) bond motifs is 5. The first-order chi connectivity index (χ1) is 28.2. The molecule has 10 aromatic rings. The zero-order chi connectivity index (χ0) is 37.7. The molecule has 0 saturated carbocycles. The lowest BCUT2D eigenvalue weighted by atomic mass is 9.89. The van der Waals surface area contributed by atoms with Crippen LogP contribution in [0, 0.1) is 0 Å². The third-order valence-corrected chi connectivity index (χ3v) is 11.6. The van der Waals surface area contributed by atoms with Crippen LogP contribution in [0.3, 0.4) is 0 Å². The van der Waals surface area contributed by atoms with Crippen LogP contribution in [0.1, 0.15) is 11.1 Å². The average molecular weight is 727 g/mol. The van der Waals surface area contributed by atoms with Crippen LogP contribution in [0.15, 0.2) is 218 Å². The molecular weight excluding hydrogens is 689 g/mol. The summed E-state index contributed by atoms with van der Waals surface area (Å²) in [5.41, 5.74) is 14.6. The number of anilines is 6. The highest BCUT2D eigenvalue weighted by Gasteiger charge is 2.26. The Balaban J connectivity index is 1.01. The van der Waals surface area contributed by atoms with E-state index in [0.717, 1.165) is 23.5 Å². The zero-order valence-corrected chi connectivity index (χ0v) is 31.4. The maximum absolute atomic E-state index is 2.46. The molecule has 268 valence electrons. The van der Waals surface area contributed by atoms with Gasteiger partial charge >= 0.3 is 0 Å². The van der Waals surface area contributed by atoms with Crippen LogP contribution >= 0.6 is 0 Å². The van der Waals surface area contributed by atoms with Crippen LogP contribution in [0.4, 0.5) is 34.1 Å². The number of rotatable bonds is 6. The standard InChI is InChI=1S/C55H38N2/c1-2-18-47(19-3-1)56(55-23-11-17-41-14-7-9-21-52(41)55)48-29-24-39(25-30-48)43-27-32-53-45(34-43)36-46-35-44(51-22-10-16-40-13-6-8-20-50(40)51)28-33-54(46)57(53)49-31-26-38-12-4-5-15-42(38)37-49/h1-35,37H,36H2. The highest BCUT2D eigenvalue weighted by Crippen LogP contribution is 2.47. The van der Waals surface area contributed by atoms with Crippen LogP contribution in [0.25, 0.3) is 54.6 Å². The van der Waals surface area contributed by atoms with Crippen molar-refractivity contribution in [1.29, 1.82) is 0 Å². The van der Waals surface area contributed by atoms with Crippen molar-refractivity contribution in [3.05, 3.63) is 230 Å². The molecule has 57 heavy (non-hydrogen) atoms. The fourth-order valence-corrected chi connectivity index (χ4v) is 8.85. The molecule has 0 bridgehead atoms. The van der Waals surface area contributed by atoms with Gasteiger partial charge in [-0.05, 0) is 127 Å². The molecule has 1 heterocycles. The van der Waals surface area contributed by atoms with Gasteiger partial charge in [-0.15, -0.1) is 0 Å². The minimum Gasteiger partial charge on any atom is -0.310 e. The summed E-state index contributed by atoms with van der Waals surface area (Å²) in [4.78, 5) is 4.83. The van der Waals surface area contributed by atoms with Crippen LogP contribution in [0.2, 0.25) is 0 Å². The second-order valence-electron chi connectivity index (χ2n) is 15.0. The SMILES string of the molecule is c1ccc(N(c2ccc(-c3ccc4c(c3)Cc3cc(-c5cccc6ccccc56)ccc3N4c3ccc4ccccc4c3)cc2)c2cccc3ccccc23)cc1. The number of hydrogen-bond donors (Lipinski definition) is 0. The lowest BCUT2D eigenvalue weighted by Crippen LogP contribution is -2.18. The van der Waals surface area contributed by atoms with Crippen molar-refractivity contribution in [2.45, 2.75) is 6.42 Å². The molecular formula is C55H38N2. The van der Waals surface area contributed by atoms with Gasteiger partial charge in [0.1, 0.15) is 0 Å². The first-order valence-electron chi connectivity index (χ1n) is 19.7. The van der Waals surface area contributed by atoms with Crippen molar-refractivity contribution in [3.63, 3.8) is 0 Å². The molecule has 0 N–H and O–H groups in total. The van der Waals surface area contributed by atoms with Gasteiger partial charge in [0, 0.05) is 40.2 Å². The van der Waals surface area contributed by atoms with Crippen LogP contribution in [-0.2, 0) is 6.42 Å². The molecule has 0 amide bonds. The predicted octanol–water partition coefficient (Wildman–Crippen LogP) is 15.3. The smallest absolute Gasteiger partial charge is 0.0540 e. The number of para-hydroxylation sites is 1. The average Bonchev–Trinajstić information content (AvgIpc) is 3.28. The Morgan fingerprint density at radius 1 is 0.351 bits per heavy atom. The van der Waals surface area contributed by atoms with Gasteiger partial charge in [-0.1, -0.05) is 152 Å². The predicted molar refractivity (Wildman–Crippen MR) is 242 cm³/mol. The van der Waals surface area contributed by atoms with Crippen LogP contribution in [0.5, 0.6) is 0 Å². The van der Waals surface area contributed by atoms with Crippen molar-refractivity contribution in [2.75, 3.05) is 9.80 Å². The van der Waals surface area contributed by atoms with Crippen molar-refractivity contribution < 1.29 is 0 Å². The van der Waals surface area contributed by atoms with Crippen molar-refractivity contribution in [2.24, 2.45) is 0 Å². The molecule has 0 radical (unpaired) electrons. The van der Waals surface area contributed by atoms with E-state index in [9.17, 15) is 0 Å². The second kappa shape index (κ2) is 13.7. The molecule has 0 saturated heterocycles. The molecule has 0 aliphatic carbocycles. The van der Waals surface area contributed by atoms with Gasteiger partial charge in [0.15, 0.2) is 0 Å². The van der Waals surface area contributed by atoms with Gasteiger partial charge < -0.3 is 9.80 Å². The Hall–Kier alpha value is -7.42. The van der Waals surface area contributed by atoms with Gasteiger partial charge in [-0.25, -0.2) is 0 Å². The van der Waals surface area contributed by atoms with Gasteiger partial charge in [0.05, 0.1) is 5.69 Å². The summed E-state index contributed by atoms with van der Waals surface area (Å²) in [6, 6.07) is 79.8. The van der Waals surface area contributed by atoms with Gasteiger partial charge in [-0.3, -0.25) is 0 Å². The van der Waals surface area contributed by atoms with Crippen molar-refractivity contribution >= 4 is 66.4 Å². The number of benzene rings is 10. The maximum Gasteiger partial charge on any atom is 0.0540 e. The summed E-state index contributed by atoms with van der Waals surface area (Å²) in [6.45, 7) is 0. The molecule has 0 spiro atoms. The highest BCUT2D eigenvalue weighted by molar-refractivity contribution is 6.00. The van der Waals surface area contributed by atoms with E-state index >= 15 is 0 Å². The van der Waals surface area contributed by atoms with Gasteiger partial charge in [0.25, 0.3) is 0 Å². The molecule has 0 aromatic heterocycles. The molecule has 2 nitrogen and oxygen atoms in total. The summed E-state index contributed by atoms with van der Waals surface area (Å²) in [7, 11) is 0. The quantitative estimate of drug-likeness (QED) is 0.168. The number of nitrogens with zero attached hydrogens (tertiary/aromatic N) is 2. The maximum atomic E-state index is 2.46. The van der Waals surface area contributed by atoms with E-state index in [2.05, 4.69) is 228 Å². The third-order valence-electron chi connectivity index (χ3n) is 11.6. The molecule has 1 aliphatic heterocycles. The van der Waals surface area contributed by atoms with Crippen LogP contribution < -0.4 is 9.80 Å². The normalized spacial score (nSPS) is 12.1. The summed E-state index contributed by atoms with van der Waals surface area (Å²) < 4.78 is 0. The fraction of sp³-hybridized carbons (Fsp3) is 0.0182. The van der Waals surface area contributed by atoms with Crippen molar-refractivity contribution in [1.82, 2.24) is 0 Å². The number of hydrogen-bond acceptors (Lipinski definition) is 2. The topological polar surface area (TPSA) is 6.48 Å². The first kappa shape index (κ1) is 33.0. The fourth-order valence-electron chi connectivity index (χ4n) is 8.85. The minimum absolute atomic E-state index is 0.849. The van der Waals surface area contributed by atoms with E-state index in [-0.39, 0.29) is 0 Å². The van der Waals surface area contributed by atoms with E-state index in [4.69, 9.17) is 0 Å². The van der Waals surface area contributed by atoms with E-state index < -0.39 is 0 Å². The molecule has 11 rings (SSSR count). The monoisotopic (exact) mass is 726 g/mol. The van der Waals surface area contributed by atoms with Gasteiger partial charge in [-0.2, -0.15) is 0 Å². The Kier molecular flexibility index (Phi) is 7.93. The largest absolute Gasteiger partial charge is 0.310 e. The first-order valence-corrected chi connectivity index (χ1v) is 19.7. The molecule has 0 atom stereocenters. The molecule has 0 fully saturated rings. The van der Waals surface area contributed by atoms with E-state index in [0.29, 0.717) is 0 Å². The van der Waals surface area contributed by atoms with E-state index in [1.807, 2.05) is 0 Å². The Morgan fingerprint density at radius 2 is 0.912 bits per heavy atom. The summed E-state index contributed by atoms with van der Waals surface area (Å²) in [5, 5.41) is 7.47. The van der Waals surface area contributed by atoms with E-state index in [1.165, 1.54) is 82.8 Å². The zero-order valence-electron chi connectivity index (χ0n) is 31.4.